The van der Waals surface area contributed by atoms with Crippen molar-refractivity contribution < 1.29 is 0 Å². The lowest BCUT2D eigenvalue weighted by Gasteiger charge is -2.27. The van der Waals surface area contributed by atoms with Crippen LogP contribution in [0.4, 0.5) is 34.1 Å². The van der Waals surface area contributed by atoms with Crippen LogP contribution in [0.5, 0.6) is 0 Å². The Morgan fingerprint density at radius 1 is 0.500 bits per heavy atom. The maximum Gasteiger partial charge on any atom is 0.130 e. The molecule has 1 aliphatic heterocycles. The number of pyridine rings is 1. The van der Waals surface area contributed by atoms with E-state index in [1.54, 1.807) is 0 Å². The van der Waals surface area contributed by atoms with Crippen LogP contribution in [0.1, 0.15) is 11.7 Å². The largest absolute Gasteiger partial charge is 0.359 e. The molecule has 0 fully saturated rings. The summed E-state index contributed by atoms with van der Waals surface area (Å²) in [6, 6.07) is 69.0. The number of anilines is 6. The molecule has 8 aromatic carbocycles. The van der Waals surface area contributed by atoms with E-state index in [2.05, 4.69) is 209 Å². The second kappa shape index (κ2) is 12.4. The molecule has 1 aromatic heterocycles. The van der Waals surface area contributed by atoms with Crippen LogP contribution in [-0.2, 0) is 0 Å². The normalized spacial score (nSPS) is 13.7. The number of para-hydroxylation sites is 5. The van der Waals surface area contributed by atoms with Gasteiger partial charge in [-0.15, -0.1) is 0 Å². The summed E-state index contributed by atoms with van der Waals surface area (Å²) in [5, 5.41) is 9.74. The molecule has 0 bridgehead atoms. The molecule has 2 heterocycles. The number of nitrogens with one attached hydrogen (secondary N) is 1. The summed E-state index contributed by atoms with van der Waals surface area (Å²) >= 11 is 0. The molecule has 0 saturated heterocycles. The molecule has 0 amide bonds. The Labute approximate surface area is 302 Å². The lowest BCUT2D eigenvalue weighted by atomic mass is 9.94. The molecule has 246 valence electrons. The van der Waals surface area contributed by atoms with Gasteiger partial charge in [0.05, 0.1) is 22.6 Å². The van der Waals surface area contributed by atoms with E-state index in [1.165, 1.54) is 27.4 Å². The number of aromatic nitrogens is 1. The molecule has 4 heteroatoms. The fourth-order valence-corrected chi connectivity index (χ4v) is 7.81. The third kappa shape index (κ3) is 5.04. The van der Waals surface area contributed by atoms with Crippen molar-refractivity contribution in [2.75, 3.05) is 15.1 Å². The summed E-state index contributed by atoms with van der Waals surface area (Å²) in [5.74, 6) is 0. The molecule has 52 heavy (non-hydrogen) atoms. The van der Waals surface area contributed by atoms with E-state index in [-0.39, 0.29) is 6.17 Å². The van der Waals surface area contributed by atoms with Gasteiger partial charge in [-0.2, -0.15) is 0 Å². The fraction of sp³-hybridized carbons (Fsp3) is 0.0208. The van der Waals surface area contributed by atoms with Crippen molar-refractivity contribution in [3.63, 3.8) is 0 Å². The van der Waals surface area contributed by atoms with Crippen LogP contribution in [0.15, 0.2) is 194 Å². The maximum atomic E-state index is 5.48. The lowest BCUT2D eigenvalue weighted by Crippen LogP contribution is -2.23. The second-order valence-corrected chi connectivity index (χ2v) is 13.3. The predicted octanol–water partition coefficient (Wildman–Crippen LogP) is 12.9. The Kier molecular flexibility index (Phi) is 7.17. The fourth-order valence-electron chi connectivity index (χ4n) is 7.81. The standard InChI is InChI=1S/C48H34N4/c1-4-15-36(16-5-1)51(37-17-6-2-7-18-37)39-29-31-41-44(32-39)49-47(42-30-28-33-14-10-11-21-40(33)46(41)42)34-24-26-35(27-25-34)48-50-43-22-12-13-23-45(43)52(48)38-19-8-3-9-20-38/h1-32,48,50H. The van der Waals surface area contributed by atoms with E-state index < -0.39 is 0 Å². The molecular weight excluding hydrogens is 633 g/mol. The molecule has 0 spiro atoms. The second-order valence-electron chi connectivity index (χ2n) is 13.3. The molecule has 10 rings (SSSR count). The molecule has 4 nitrogen and oxygen atoms in total. The van der Waals surface area contributed by atoms with Gasteiger partial charge in [0.1, 0.15) is 6.17 Å². The number of hydrogen-bond donors (Lipinski definition) is 1. The van der Waals surface area contributed by atoms with E-state index in [0.29, 0.717) is 0 Å². The Bertz CT molecular complexity index is 2670. The van der Waals surface area contributed by atoms with E-state index in [4.69, 9.17) is 4.98 Å². The van der Waals surface area contributed by atoms with Crippen molar-refractivity contribution in [3.8, 4) is 11.3 Å². The van der Waals surface area contributed by atoms with Gasteiger partial charge in [-0.25, -0.2) is 4.98 Å². The zero-order valence-electron chi connectivity index (χ0n) is 28.4. The maximum absolute atomic E-state index is 5.48. The van der Waals surface area contributed by atoms with Gasteiger partial charge in [-0.3, -0.25) is 0 Å². The summed E-state index contributed by atoms with van der Waals surface area (Å²) in [6.45, 7) is 0. The number of benzene rings is 8. The smallest absolute Gasteiger partial charge is 0.130 e. The molecule has 1 unspecified atom stereocenters. The SMILES string of the molecule is c1ccc(N(c2ccccc2)c2ccc3c(c2)nc(-c2ccc(C4Nc5ccccc5N4c4ccccc4)cc2)c2ccc4ccccc4c23)cc1. The minimum Gasteiger partial charge on any atom is -0.359 e. The highest BCUT2D eigenvalue weighted by Gasteiger charge is 2.31. The lowest BCUT2D eigenvalue weighted by molar-refractivity contribution is 0.828. The minimum atomic E-state index is -0.0383. The third-order valence-corrected chi connectivity index (χ3v) is 10.2. The Morgan fingerprint density at radius 2 is 1.13 bits per heavy atom. The molecule has 0 saturated carbocycles. The van der Waals surface area contributed by atoms with Crippen LogP contribution >= 0.6 is 0 Å². The van der Waals surface area contributed by atoms with Crippen molar-refractivity contribution in [1.82, 2.24) is 4.98 Å². The molecule has 0 radical (unpaired) electrons. The van der Waals surface area contributed by atoms with Crippen molar-refractivity contribution >= 4 is 66.6 Å². The van der Waals surface area contributed by atoms with Crippen LogP contribution in [0.3, 0.4) is 0 Å². The predicted molar refractivity (Wildman–Crippen MR) is 218 cm³/mol. The van der Waals surface area contributed by atoms with Gasteiger partial charge >= 0.3 is 0 Å². The van der Waals surface area contributed by atoms with E-state index in [1.807, 2.05) is 0 Å². The van der Waals surface area contributed by atoms with Gasteiger partial charge in [0.2, 0.25) is 0 Å². The molecule has 9 aromatic rings. The van der Waals surface area contributed by atoms with Crippen molar-refractivity contribution in [1.29, 1.82) is 0 Å². The number of hydrogen-bond acceptors (Lipinski definition) is 4. The first-order valence-corrected chi connectivity index (χ1v) is 17.8. The Balaban J connectivity index is 1.13. The Hall–Kier alpha value is -6.91. The van der Waals surface area contributed by atoms with Crippen molar-refractivity contribution in [2.45, 2.75) is 6.17 Å². The number of nitrogens with zero attached hydrogens (tertiary/aromatic N) is 3. The van der Waals surface area contributed by atoms with E-state index in [9.17, 15) is 0 Å². The first-order valence-electron chi connectivity index (χ1n) is 17.8. The molecule has 1 atom stereocenters. The summed E-state index contributed by atoms with van der Waals surface area (Å²) in [4.78, 5) is 10.2. The van der Waals surface area contributed by atoms with Gasteiger partial charge < -0.3 is 15.1 Å². The van der Waals surface area contributed by atoms with Gasteiger partial charge in [-0.1, -0.05) is 133 Å². The van der Waals surface area contributed by atoms with Crippen molar-refractivity contribution in [3.05, 3.63) is 200 Å². The highest BCUT2D eigenvalue weighted by atomic mass is 15.3. The topological polar surface area (TPSA) is 31.4 Å². The highest BCUT2D eigenvalue weighted by Crippen LogP contribution is 2.46. The Morgan fingerprint density at radius 3 is 1.88 bits per heavy atom. The zero-order chi connectivity index (χ0) is 34.4. The van der Waals surface area contributed by atoms with Gasteiger partial charge in [0.15, 0.2) is 0 Å². The van der Waals surface area contributed by atoms with Crippen LogP contribution in [0.25, 0.3) is 43.7 Å². The third-order valence-electron chi connectivity index (χ3n) is 10.2. The molecule has 1 aliphatic rings. The molecule has 0 aliphatic carbocycles. The van der Waals surface area contributed by atoms with Crippen molar-refractivity contribution in [2.24, 2.45) is 0 Å². The summed E-state index contributed by atoms with van der Waals surface area (Å²) < 4.78 is 0. The van der Waals surface area contributed by atoms with E-state index in [0.717, 1.165) is 56.0 Å². The number of fused-ring (bicyclic) bond motifs is 6. The highest BCUT2D eigenvalue weighted by molar-refractivity contribution is 6.22. The summed E-state index contributed by atoms with van der Waals surface area (Å²) in [5.41, 5.74) is 10.9. The monoisotopic (exact) mass is 666 g/mol. The average molecular weight is 667 g/mol. The quantitative estimate of drug-likeness (QED) is 0.179. The van der Waals surface area contributed by atoms with Gasteiger partial charge in [0.25, 0.3) is 0 Å². The summed E-state index contributed by atoms with van der Waals surface area (Å²) in [6.07, 6.45) is -0.0383. The molecular formula is C48H34N4. The number of rotatable bonds is 6. The van der Waals surface area contributed by atoms with E-state index >= 15 is 0 Å². The summed E-state index contributed by atoms with van der Waals surface area (Å²) in [7, 11) is 0. The minimum absolute atomic E-state index is 0.0383. The van der Waals surface area contributed by atoms with Crippen LogP contribution < -0.4 is 15.1 Å². The first-order chi connectivity index (χ1) is 25.8. The van der Waals surface area contributed by atoms with Crippen LogP contribution in [0.2, 0.25) is 0 Å². The van der Waals surface area contributed by atoms with Crippen LogP contribution in [-0.4, -0.2) is 4.98 Å². The van der Waals surface area contributed by atoms with Crippen LogP contribution in [0, 0.1) is 0 Å². The average Bonchev–Trinajstić information content (AvgIpc) is 3.61. The van der Waals surface area contributed by atoms with Gasteiger partial charge in [-0.05, 0) is 77.0 Å². The van der Waals surface area contributed by atoms with Gasteiger partial charge in [0, 0.05) is 44.5 Å². The first kappa shape index (κ1) is 30.0. The molecule has 1 N–H and O–H groups in total. The zero-order valence-corrected chi connectivity index (χ0v) is 28.4.